The Bertz CT molecular complexity index is 2500. The van der Waals surface area contributed by atoms with Gasteiger partial charge in [-0.15, -0.1) is 0 Å². The number of carbonyl (C=O) groups excluding carboxylic acids is 7. The fourth-order valence-corrected chi connectivity index (χ4v) is 7.07. The van der Waals surface area contributed by atoms with Gasteiger partial charge in [0, 0.05) is 65.4 Å². The number of carboxylic acid groups (broad SMARTS) is 1. The summed E-state index contributed by atoms with van der Waals surface area (Å²) in [4.78, 5) is 118. The average molecular weight is 913 g/mol. The second-order valence-corrected chi connectivity index (χ2v) is 16.2. The Morgan fingerprint density at radius 2 is 1.14 bits per heavy atom. The summed E-state index contributed by atoms with van der Waals surface area (Å²) in [6.07, 6.45) is 6.14. The molecule has 0 saturated heterocycles. The summed E-state index contributed by atoms with van der Waals surface area (Å²) in [5, 5.41) is 38.1. The molecule has 0 aliphatic carbocycles. The molecule has 22 nitrogen and oxygen atoms in total. The Morgan fingerprint density at radius 3 is 1.67 bits per heavy atom. The highest BCUT2D eigenvalue weighted by molar-refractivity contribution is 5.97. The number of aliphatic hydroxyl groups excluding tert-OH is 1. The Labute approximate surface area is 378 Å². The minimum atomic E-state index is -1.35. The van der Waals surface area contributed by atoms with E-state index in [-0.39, 0.29) is 31.6 Å². The highest BCUT2D eigenvalue weighted by Crippen LogP contribution is 2.21. The number of aromatic nitrogens is 4. The number of fused-ring (bicyclic) bond motifs is 2. The fraction of sp³-hybridized carbons (Fsp3) is 0.386. The molecule has 0 saturated carbocycles. The molecule has 0 fully saturated rings. The van der Waals surface area contributed by atoms with Crippen LogP contribution in [0.15, 0.2) is 73.4 Å². The number of para-hydroxylation sites is 2. The monoisotopic (exact) mass is 912 g/mol. The largest absolute Gasteiger partial charge is 0.480 e. The van der Waals surface area contributed by atoms with E-state index in [0.29, 0.717) is 16.8 Å². The molecule has 7 amide bonds. The lowest BCUT2D eigenvalue weighted by Gasteiger charge is -2.26. The molecule has 0 spiro atoms. The van der Waals surface area contributed by atoms with Crippen LogP contribution in [0, 0.1) is 5.92 Å². The Kier molecular flexibility index (Phi) is 17.5. The molecule has 0 unspecified atom stereocenters. The maximum Gasteiger partial charge on any atom is 0.326 e. The van der Waals surface area contributed by atoms with Gasteiger partial charge in [0.15, 0.2) is 0 Å². The molecule has 5 aromatic rings. The van der Waals surface area contributed by atoms with Crippen LogP contribution in [0.5, 0.6) is 0 Å². The van der Waals surface area contributed by atoms with E-state index >= 15 is 0 Å². The van der Waals surface area contributed by atoms with Gasteiger partial charge >= 0.3 is 5.97 Å². The summed E-state index contributed by atoms with van der Waals surface area (Å²) in [7, 11) is 0. The number of imidazole rings is 1. The van der Waals surface area contributed by atoms with Crippen LogP contribution in [0.25, 0.3) is 21.8 Å². The third kappa shape index (κ3) is 14.0. The topological polar surface area (TPSA) is 348 Å². The number of nitrogens with zero attached hydrogens (tertiary/aromatic N) is 1. The molecule has 66 heavy (non-hydrogen) atoms. The smallest absolute Gasteiger partial charge is 0.326 e. The van der Waals surface area contributed by atoms with Gasteiger partial charge in [-0.3, -0.25) is 33.6 Å². The fourth-order valence-electron chi connectivity index (χ4n) is 7.07. The maximum absolute atomic E-state index is 14.5. The third-order valence-electron chi connectivity index (χ3n) is 10.6. The number of benzene rings is 2. The summed E-state index contributed by atoms with van der Waals surface area (Å²) in [6.45, 7) is 3.05. The lowest BCUT2D eigenvalue weighted by atomic mass is 10.0. The molecule has 14 N–H and O–H groups in total. The van der Waals surface area contributed by atoms with Crippen molar-refractivity contribution in [1.29, 1.82) is 0 Å². The van der Waals surface area contributed by atoms with E-state index in [9.17, 15) is 48.6 Å². The van der Waals surface area contributed by atoms with Gasteiger partial charge in [-0.05, 0) is 42.5 Å². The molecule has 352 valence electrons. The van der Waals surface area contributed by atoms with Crippen molar-refractivity contribution in [3.63, 3.8) is 0 Å². The highest BCUT2D eigenvalue weighted by Gasteiger charge is 2.32. The number of carbonyl (C=O) groups is 8. The van der Waals surface area contributed by atoms with E-state index in [2.05, 4.69) is 57.2 Å². The molecule has 0 aliphatic heterocycles. The van der Waals surface area contributed by atoms with Crippen molar-refractivity contribution in [2.45, 2.75) is 82.7 Å². The van der Waals surface area contributed by atoms with Gasteiger partial charge in [-0.2, -0.15) is 0 Å². The van der Waals surface area contributed by atoms with Crippen molar-refractivity contribution >= 4 is 69.1 Å². The number of nitrogens with two attached hydrogens (primary N) is 1. The van der Waals surface area contributed by atoms with Crippen molar-refractivity contribution in [3.05, 3.63) is 90.3 Å². The number of nitrogens with one attached hydrogen (secondary N) is 10. The van der Waals surface area contributed by atoms with Gasteiger partial charge in [0.25, 0.3) is 0 Å². The zero-order valence-corrected chi connectivity index (χ0v) is 36.6. The summed E-state index contributed by atoms with van der Waals surface area (Å²) in [5.74, 6) is -6.69. The first-order valence-corrected chi connectivity index (χ1v) is 21.2. The number of amides is 7. The predicted octanol–water partition coefficient (Wildman–Crippen LogP) is -1.47. The number of hydrogen-bond donors (Lipinski definition) is 13. The molecule has 22 heteroatoms. The lowest BCUT2D eigenvalue weighted by molar-refractivity contribution is -0.142. The first-order chi connectivity index (χ1) is 31.5. The summed E-state index contributed by atoms with van der Waals surface area (Å²) >= 11 is 0. The molecule has 0 bridgehead atoms. The number of aromatic amines is 3. The number of aliphatic hydroxyl groups is 1. The lowest BCUT2D eigenvalue weighted by Crippen LogP contribution is -2.59. The highest BCUT2D eigenvalue weighted by atomic mass is 16.4. The molecule has 3 heterocycles. The second-order valence-electron chi connectivity index (χ2n) is 16.2. The number of H-pyrrole nitrogens is 3. The summed E-state index contributed by atoms with van der Waals surface area (Å²) in [6, 6.07) is 6.99. The molecule has 0 aliphatic rings. The molecule has 0 radical (unpaired) electrons. The van der Waals surface area contributed by atoms with Crippen LogP contribution < -0.4 is 43.0 Å². The first kappa shape index (κ1) is 49.4. The van der Waals surface area contributed by atoms with Crippen molar-refractivity contribution in [2.24, 2.45) is 11.7 Å². The maximum atomic E-state index is 14.5. The zero-order chi connectivity index (χ0) is 47.9. The standard InChI is InChI=1S/C44H56N12O10/c1-23(2)12-36(44(65)66)56-39(60)24(3)52-38(59)20-49-37(58)19-50-41(62)33(13-25-16-47-31-10-6-4-8-28(25)31)54-42(63)34(14-26-17-48-32-11-7-5-9-29(26)32)55-43(64)35(15-27-18-46-22-51-27)53-40(61)30(45)21-57/h4-11,16-18,22-24,30,33-36,47-48,57H,12-15,19-21,45H2,1-3H3,(H,46,51)(H,49,58)(H,50,62)(H,52,59)(H,53,61)(H,54,63)(H,55,64)(H,56,60)(H,65,66)/t24-,30-,33-,34-,35-,36-/m0/s1. The Morgan fingerprint density at radius 1 is 0.621 bits per heavy atom. The molecule has 5 rings (SSSR count). The van der Waals surface area contributed by atoms with Crippen LogP contribution in [0.4, 0.5) is 0 Å². The van der Waals surface area contributed by atoms with Crippen LogP contribution in [0.1, 0.15) is 44.0 Å². The van der Waals surface area contributed by atoms with E-state index in [0.717, 1.165) is 21.8 Å². The minimum absolute atomic E-state index is 0.0226. The second kappa shape index (κ2) is 23.4. The van der Waals surface area contributed by atoms with E-state index in [1.165, 1.54) is 19.4 Å². The van der Waals surface area contributed by atoms with Crippen LogP contribution in [-0.2, 0) is 57.6 Å². The Balaban J connectivity index is 1.31. The molecule has 6 atom stereocenters. The molecule has 2 aromatic carbocycles. The van der Waals surface area contributed by atoms with Crippen molar-refractivity contribution < 1.29 is 48.6 Å². The predicted molar refractivity (Wildman–Crippen MR) is 240 cm³/mol. The quantitative estimate of drug-likeness (QED) is 0.0338. The van der Waals surface area contributed by atoms with Gasteiger partial charge in [0.05, 0.1) is 26.0 Å². The summed E-state index contributed by atoms with van der Waals surface area (Å²) < 4.78 is 0. The SMILES string of the molecule is CC(C)C[C@H](NC(=O)[C@H](C)NC(=O)CNC(=O)CNC(=O)[C@H](Cc1c[nH]c2ccccc12)NC(=O)[C@H](Cc1c[nH]c2ccccc12)NC(=O)[C@H](Cc1cnc[nH]1)NC(=O)[C@@H](N)CO)C(=O)O. The van der Waals surface area contributed by atoms with E-state index in [1.54, 1.807) is 32.3 Å². The van der Waals surface area contributed by atoms with Crippen LogP contribution in [0.2, 0.25) is 0 Å². The van der Waals surface area contributed by atoms with Crippen molar-refractivity contribution in [3.8, 4) is 0 Å². The van der Waals surface area contributed by atoms with Crippen molar-refractivity contribution in [1.82, 2.24) is 57.2 Å². The number of aliphatic carboxylic acids is 1. The first-order valence-electron chi connectivity index (χ1n) is 21.2. The number of carboxylic acids is 1. The Hall–Kier alpha value is -7.59. The third-order valence-corrected chi connectivity index (χ3v) is 10.6. The van der Waals surface area contributed by atoms with Gasteiger partial charge < -0.3 is 68.1 Å². The van der Waals surface area contributed by atoms with Gasteiger partial charge in [-0.25, -0.2) is 9.78 Å². The molecular weight excluding hydrogens is 857 g/mol. The minimum Gasteiger partial charge on any atom is -0.480 e. The molecule has 3 aromatic heterocycles. The number of rotatable bonds is 24. The normalized spacial score (nSPS) is 14.0. The molecular formula is C44H56N12O10. The average Bonchev–Trinajstić information content (AvgIpc) is 4.07. The van der Waals surface area contributed by atoms with Crippen LogP contribution in [0.3, 0.4) is 0 Å². The van der Waals surface area contributed by atoms with Crippen LogP contribution >= 0.6 is 0 Å². The zero-order valence-electron chi connectivity index (χ0n) is 36.6. The van der Waals surface area contributed by atoms with Gasteiger partial charge in [0.2, 0.25) is 41.4 Å². The van der Waals surface area contributed by atoms with Gasteiger partial charge in [-0.1, -0.05) is 50.2 Å². The summed E-state index contributed by atoms with van der Waals surface area (Å²) in [5.41, 5.74) is 9.02. The number of hydrogen-bond acceptors (Lipinski definition) is 11. The van der Waals surface area contributed by atoms with Crippen LogP contribution in [-0.4, -0.2) is 133 Å². The van der Waals surface area contributed by atoms with E-state index in [1.807, 2.05) is 42.5 Å². The van der Waals surface area contributed by atoms with Gasteiger partial charge in [0.1, 0.15) is 36.3 Å². The van der Waals surface area contributed by atoms with E-state index < -0.39 is 103 Å². The van der Waals surface area contributed by atoms with Crippen molar-refractivity contribution in [2.75, 3.05) is 19.7 Å². The van der Waals surface area contributed by atoms with E-state index in [4.69, 9.17) is 5.73 Å².